The molecule has 1 aromatic heterocycles. The van der Waals surface area contributed by atoms with Crippen LogP contribution in [0.3, 0.4) is 0 Å². The van der Waals surface area contributed by atoms with E-state index in [1.165, 1.54) is 0 Å². The average Bonchev–Trinajstić information content (AvgIpc) is 2.59. The Hall–Kier alpha value is -1.20. The molecule has 4 nitrogen and oxygen atoms in total. The van der Waals surface area contributed by atoms with Gasteiger partial charge in [-0.25, -0.2) is 0 Å². The molecule has 0 aliphatic carbocycles. The molecule has 0 amide bonds. The summed E-state index contributed by atoms with van der Waals surface area (Å²) in [5, 5.41) is 9.90. The number of thiocarbonyl (C=S) groups is 1. The van der Waals surface area contributed by atoms with E-state index < -0.39 is 5.60 Å². The van der Waals surface area contributed by atoms with Crippen LogP contribution >= 0.6 is 12.2 Å². The van der Waals surface area contributed by atoms with E-state index in [0.717, 1.165) is 18.7 Å². The molecular weight excluding hydrogens is 222 g/mol. The molecule has 1 atom stereocenters. The zero-order valence-corrected chi connectivity index (χ0v) is 10.00. The average molecular weight is 237 g/mol. The number of aromatic nitrogens is 1. The van der Waals surface area contributed by atoms with Gasteiger partial charge in [-0.15, -0.1) is 0 Å². The lowest BCUT2D eigenvalue weighted by atomic mass is 10.1. The third-order valence-corrected chi connectivity index (χ3v) is 3.02. The lowest BCUT2D eigenvalue weighted by Gasteiger charge is -2.21. The van der Waals surface area contributed by atoms with E-state index in [9.17, 15) is 5.11 Å². The van der Waals surface area contributed by atoms with Crippen molar-refractivity contribution in [1.82, 2.24) is 4.98 Å². The Bertz CT molecular complexity index is 419. The van der Waals surface area contributed by atoms with E-state index in [1.54, 1.807) is 6.20 Å². The summed E-state index contributed by atoms with van der Waals surface area (Å²) in [5.74, 6) is 0. The Morgan fingerprint density at radius 2 is 2.44 bits per heavy atom. The monoisotopic (exact) mass is 237 g/mol. The van der Waals surface area contributed by atoms with Crippen LogP contribution in [0.5, 0.6) is 0 Å². The first kappa shape index (κ1) is 11.3. The molecule has 2 heterocycles. The van der Waals surface area contributed by atoms with Gasteiger partial charge in [0.15, 0.2) is 0 Å². The van der Waals surface area contributed by atoms with Crippen molar-refractivity contribution in [2.24, 2.45) is 5.73 Å². The van der Waals surface area contributed by atoms with E-state index in [2.05, 4.69) is 9.88 Å². The van der Waals surface area contributed by atoms with Gasteiger partial charge in [-0.05, 0) is 25.5 Å². The zero-order chi connectivity index (χ0) is 11.8. The molecule has 0 radical (unpaired) electrons. The topological polar surface area (TPSA) is 62.4 Å². The van der Waals surface area contributed by atoms with Crippen LogP contribution in [-0.2, 0) is 0 Å². The van der Waals surface area contributed by atoms with Crippen LogP contribution in [-0.4, -0.2) is 33.8 Å². The van der Waals surface area contributed by atoms with Crippen molar-refractivity contribution in [3.63, 3.8) is 0 Å². The summed E-state index contributed by atoms with van der Waals surface area (Å²) in [6, 6.07) is 3.77. The van der Waals surface area contributed by atoms with Crippen molar-refractivity contribution in [2.45, 2.75) is 18.9 Å². The highest BCUT2D eigenvalue weighted by Crippen LogP contribution is 2.26. The van der Waals surface area contributed by atoms with Crippen molar-refractivity contribution in [1.29, 1.82) is 0 Å². The maximum atomic E-state index is 9.90. The second kappa shape index (κ2) is 3.99. The normalized spacial score (nSPS) is 24.8. The highest BCUT2D eigenvalue weighted by atomic mass is 32.1. The van der Waals surface area contributed by atoms with Crippen LogP contribution in [0.2, 0.25) is 0 Å². The van der Waals surface area contributed by atoms with Crippen LogP contribution in [0.15, 0.2) is 18.3 Å². The first-order chi connectivity index (χ1) is 7.48. The minimum atomic E-state index is -0.605. The third-order valence-electron chi connectivity index (χ3n) is 2.81. The Balaban J connectivity index is 2.22. The van der Waals surface area contributed by atoms with Crippen LogP contribution in [0.1, 0.15) is 19.0 Å². The van der Waals surface area contributed by atoms with Gasteiger partial charge in [0.1, 0.15) is 4.99 Å². The number of pyridine rings is 1. The smallest absolute Gasteiger partial charge is 0.122 e. The molecular formula is C11H15N3OS. The predicted octanol–water partition coefficient (Wildman–Crippen LogP) is 0.677. The van der Waals surface area contributed by atoms with Crippen molar-refractivity contribution < 1.29 is 5.11 Å². The highest BCUT2D eigenvalue weighted by Gasteiger charge is 2.31. The second-order valence-electron chi connectivity index (χ2n) is 4.43. The molecule has 1 aliphatic heterocycles. The first-order valence-electron chi connectivity index (χ1n) is 5.21. The summed E-state index contributed by atoms with van der Waals surface area (Å²) in [4.78, 5) is 6.50. The summed E-state index contributed by atoms with van der Waals surface area (Å²) < 4.78 is 0. The molecule has 1 aliphatic rings. The van der Waals surface area contributed by atoms with Crippen LogP contribution in [0.4, 0.5) is 5.69 Å². The molecule has 0 spiro atoms. The summed E-state index contributed by atoms with van der Waals surface area (Å²) in [5.41, 5.74) is 6.57. The second-order valence-corrected chi connectivity index (χ2v) is 4.87. The number of nitrogens with zero attached hydrogens (tertiary/aromatic N) is 2. The summed E-state index contributed by atoms with van der Waals surface area (Å²) in [6.07, 6.45) is 2.47. The molecule has 0 saturated carbocycles. The molecule has 0 bridgehead atoms. The maximum absolute atomic E-state index is 9.90. The molecule has 0 aromatic carbocycles. The van der Waals surface area contributed by atoms with Crippen LogP contribution in [0.25, 0.3) is 0 Å². The fourth-order valence-corrected chi connectivity index (χ4v) is 2.03. The Morgan fingerprint density at radius 1 is 1.69 bits per heavy atom. The van der Waals surface area contributed by atoms with Gasteiger partial charge in [0, 0.05) is 25.0 Å². The molecule has 86 valence electrons. The standard InChI is InChI=1S/C11H15N3OS/c1-11(15)3-5-14(7-11)8-2-4-13-9(6-8)10(12)16/h2,4,6,15H,3,5,7H2,1H3,(H2,12,16). The van der Waals surface area contributed by atoms with Gasteiger partial charge >= 0.3 is 0 Å². The molecule has 1 unspecified atom stereocenters. The van der Waals surface area contributed by atoms with E-state index in [0.29, 0.717) is 17.2 Å². The fraction of sp³-hybridized carbons (Fsp3) is 0.455. The molecule has 1 fully saturated rings. The minimum absolute atomic E-state index is 0.299. The molecule has 1 aromatic rings. The first-order valence-corrected chi connectivity index (χ1v) is 5.62. The predicted molar refractivity (Wildman–Crippen MR) is 67.6 cm³/mol. The number of hydrogen-bond donors (Lipinski definition) is 2. The number of aliphatic hydroxyl groups is 1. The van der Waals surface area contributed by atoms with Crippen molar-refractivity contribution in [3.8, 4) is 0 Å². The van der Waals surface area contributed by atoms with Crippen molar-refractivity contribution >= 4 is 22.9 Å². The van der Waals surface area contributed by atoms with Crippen LogP contribution < -0.4 is 10.6 Å². The number of rotatable bonds is 2. The van der Waals surface area contributed by atoms with Gasteiger partial charge in [0.25, 0.3) is 0 Å². The van der Waals surface area contributed by atoms with Crippen molar-refractivity contribution in [2.75, 3.05) is 18.0 Å². The Labute approximate surface area is 100 Å². The molecule has 16 heavy (non-hydrogen) atoms. The summed E-state index contributed by atoms with van der Waals surface area (Å²) in [7, 11) is 0. The number of anilines is 1. The van der Waals surface area contributed by atoms with Gasteiger partial charge < -0.3 is 15.7 Å². The van der Waals surface area contributed by atoms with Crippen LogP contribution in [0, 0.1) is 0 Å². The van der Waals surface area contributed by atoms with E-state index in [1.807, 2.05) is 19.1 Å². The van der Waals surface area contributed by atoms with Gasteiger partial charge in [-0.1, -0.05) is 12.2 Å². The largest absolute Gasteiger partial charge is 0.388 e. The lowest BCUT2D eigenvalue weighted by molar-refractivity contribution is 0.0839. The van der Waals surface area contributed by atoms with Gasteiger partial charge in [-0.2, -0.15) is 0 Å². The number of β-amino-alcohol motifs (C(OH)–C–C–N with tert-alkyl or cyclic N) is 1. The quantitative estimate of drug-likeness (QED) is 0.741. The maximum Gasteiger partial charge on any atom is 0.122 e. The SMILES string of the molecule is CC1(O)CCN(c2ccnc(C(N)=S)c2)C1. The van der Waals surface area contributed by atoms with Gasteiger partial charge in [-0.3, -0.25) is 4.98 Å². The summed E-state index contributed by atoms with van der Waals surface area (Å²) >= 11 is 4.89. The fourth-order valence-electron chi connectivity index (χ4n) is 1.92. The summed E-state index contributed by atoms with van der Waals surface area (Å²) in [6.45, 7) is 3.32. The minimum Gasteiger partial charge on any atom is -0.388 e. The Morgan fingerprint density at radius 3 is 3.00 bits per heavy atom. The molecule has 1 saturated heterocycles. The molecule has 3 N–H and O–H groups in total. The highest BCUT2D eigenvalue weighted by molar-refractivity contribution is 7.80. The third kappa shape index (κ3) is 2.31. The molecule has 2 rings (SSSR count). The zero-order valence-electron chi connectivity index (χ0n) is 9.18. The number of nitrogens with two attached hydrogens (primary N) is 1. The van der Waals surface area contributed by atoms with E-state index in [-0.39, 0.29) is 0 Å². The van der Waals surface area contributed by atoms with Gasteiger partial charge in [0.2, 0.25) is 0 Å². The lowest BCUT2D eigenvalue weighted by Crippen LogP contribution is -2.29. The molecule has 5 heteroatoms. The van der Waals surface area contributed by atoms with E-state index >= 15 is 0 Å². The van der Waals surface area contributed by atoms with E-state index in [4.69, 9.17) is 18.0 Å². The Kier molecular flexibility index (Phi) is 2.82. The van der Waals surface area contributed by atoms with Crippen molar-refractivity contribution in [3.05, 3.63) is 24.0 Å². The van der Waals surface area contributed by atoms with Gasteiger partial charge in [0.05, 0.1) is 11.3 Å². The number of hydrogen-bond acceptors (Lipinski definition) is 4.